The van der Waals surface area contributed by atoms with Crippen molar-refractivity contribution in [2.75, 3.05) is 6.61 Å². The fraction of sp³-hybridized carbons (Fsp3) is 0.182. The van der Waals surface area contributed by atoms with Gasteiger partial charge in [-0.05, 0) is 48.2 Å². The molecule has 0 radical (unpaired) electrons. The van der Waals surface area contributed by atoms with Crippen LogP contribution in [0.3, 0.4) is 0 Å². The van der Waals surface area contributed by atoms with Gasteiger partial charge in [-0.3, -0.25) is 4.79 Å². The molecule has 4 nitrogen and oxygen atoms in total. The highest BCUT2D eigenvalue weighted by Crippen LogP contribution is 2.27. The van der Waals surface area contributed by atoms with E-state index in [1.807, 2.05) is 67.6 Å². The largest absolute Gasteiger partial charge is 0.494 e. The Bertz CT molecular complexity index is 994. The minimum absolute atomic E-state index is 0.114. The van der Waals surface area contributed by atoms with E-state index in [1.165, 1.54) is 5.56 Å². The third kappa shape index (κ3) is 3.52. The number of nitriles is 1. The van der Waals surface area contributed by atoms with Crippen LogP contribution in [0.2, 0.25) is 0 Å². The highest BCUT2D eigenvalue weighted by Gasteiger charge is 2.12. The van der Waals surface area contributed by atoms with Crippen LogP contribution in [0.25, 0.3) is 22.4 Å². The van der Waals surface area contributed by atoms with E-state index in [0.29, 0.717) is 17.9 Å². The van der Waals surface area contributed by atoms with E-state index in [2.05, 4.69) is 11.9 Å². The van der Waals surface area contributed by atoms with Crippen LogP contribution in [0.4, 0.5) is 0 Å². The van der Waals surface area contributed by atoms with Gasteiger partial charge >= 0.3 is 0 Å². The van der Waals surface area contributed by atoms with Gasteiger partial charge in [-0.25, -0.2) is 0 Å². The zero-order valence-corrected chi connectivity index (χ0v) is 14.9. The highest BCUT2D eigenvalue weighted by atomic mass is 16.5. The average molecular weight is 344 g/mol. The summed E-state index contributed by atoms with van der Waals surface area (Å²) in [7, 11) is 0. The zero-order chi connectivity index (χ0) is 18.5. The van der Waals surface area contributed by atoms with Crippen molar-refractivity contribution < 1.29 is 4.74 Å². The van der Waals surface area contributed by atoms with E-state index in [1.54, 1.807) is 0 Å². The van der Waals surface area contributed by atoms with Gasteiger partial charge in [0.1, 0.15) is 17.4 Å². The lowest BCUT2D eigenvalue weighted by Gasteiger charge is -2.10. The summed E-state index contributed by atoms with van der Waals surface area (Å²) in [4.78, 5) is 15.2. The topological polar surface area (TPSA) is 65.9 Å². The molecule has 0 aliphatic heterocycles. The van der Waals surface area contributed by atoms with Crippen molar-refractivity contribution in [3.63, 3.8) is 0 Å². The third-order valence-electron chi connectivity index (χ3n) is 4.29. The van der Waals surface area contributed by atoms with Gasteiger partial charge in [-0.1, -0.05) is 43.3 Å². The van der Waals surface area contributed by atoms with Crippen LogP contribution in [-0.4, -0.2) is 11.6 Å². The summed E-state index contributed by atoms with van der Waals surface area (Å²) < 4.78 is 5.46. The van der Waals surface area contributed by atoms with Gasteiger partial charge in [0.05, 0.1) is 6.61 Å². The molecule has 0 saturated heterocycles. The molecule has 1 N–H and O–H groups in total. The van der Waals surface area contributed by atoms with Crippen molar-refractivity contribution in [3.05, 3.63) is 76.1 Å². The van der Waals surface area contributed by atoms with Gasteiger partial charge in [0.25, 0.3) is 5.56 Å². The Balaban J connectivity index is 2.10. The summed E-state index contributed by atoms with van der Waals surface area (Å²) in [6, 6.07) is 19.4. The second-order valence-electron chi connectivity index (χ2n) is 5.92. The van der Waals surface area contributed by atoms with Gasteiger partial charge in [0.2, 0.25) is 0 Å². The predicted molar refractivity (Wildman–Crippen MR) is 103 cm³/mol. The first kappa shape index (κ1) is 17.5. The fourth-order valence-corrected chi connectivity index (χ4v) is 2.87. The van der Waals surface area contributed by atoms with Gasteiger partial charge in [0.15, 0.2) is 0 Å². The molecule has 0 amide bonds. The first-order chi connectivity index (χ1) is 12.7. The Morgan fingerprint density at radius 2 is 1.65 bits per heavy atom. The summed E-state index contributed by atoms with van der Waals surface area (Å²) in [6.07, 6.45) is 0.960. The fourth-order valence-electron chi connectivity index (χ4n) is 2.87. The minimum Gasteiger partial charge on any atom is -0.494 e. The highest BCUT2D eigenvalue weighted by molar-refractivity contribution is 5.75. The number of nitrogens with zero attached hydrogens (tertiary/aromatic N) is 1. The Hall–Kier alpha value is -3.32. The molecule has 130 valence electrons. The zero-order valence-electron chi connectivity index (χ0n) is 14.9. The van der Waals surface area contributed by atoms with Gasteiger partial charge in [-0.15, -0.1) is 0 Å². The molecule has 0 unspecified atom stereocenters. The molecule has 0 spiro atoms. The number of benzene rings is 2. The lowest BCUT2D eigenvalue weighted by molar-refractivity contribution is 0.340. The van der Waals surface area contributed by atoms with Crippen molar-refractivity contribution in [1.29, 1.82) is 5.26 Å². The van der Waals surface area contributed by atoms with Crippen LogP contribution in [0.15, 0.2) is 59.4 Å². The smallest absolute Gasteiger partial charge is 0.266 e. The van der Waals surface area contributed by atoms with E-state index in [-0.39, 0.29) is 11.1 Å². The second kappa shape index (κ2) is 7.71. The molecule has 2 aromatic carbocycles. The molecule has 0 fully saturated rings. The predicted octanol–water partition coefficient (Wildman–Crippen LogP) is 4.54. The van der Waals surface area contributed by atoms with Crippen LogP contribution in [0.1, 0.15) is 25.0 Å². The van der Waals surface area contributed by atoms with Crippen LogP contribution >= 0.6 is 0 Å². The lowest BCUT2D eigenvalue weighted by atomic mass is 9.98. The first-order valence-electron chi connectivity index (χ1n) is 8.66. The number of pyridine rings is 1. The van der Waals surface area contributed by atoms with Crippen molar-refractivity contribution in [2.45, 2.75) is 20.3 Å². The van der Waals surface area contributed by atoms with Gasteiger partial charge in [0, 0.05) is 11.3 Å². The normalized spacial score (nSPS) is 10.3. The Morgan fingerprint density at radius 1 is 1.00 bits per heavy atom. The summed E-state index contributed by atoms with van der Waals surface area (Å²) in [5.74, 6) is 0.759. The maximum atomic E-state index is 12.4. The molecule has 0 aliphatic carbocycles. The number of rotatable bonds is 5. The standard InChI is InChI=1S/C22H20N2O2/c1-3-15-5-7-17(8-6-15)21-13-19(20(14-23)22(25)24-21)16-9-11-18(12-10-16)26-4-2/h5-13H,3-4H2,1-2H3,(H,24,25). The van der Waals surface area contributed by atoms with Crippen LogP contribution in [-0.2, 0) is 6.42 Å². The van der Waals surface area contributed by atoms with Gasteiger partial charge < -0.3 is 9.72 Å². The molecule has 1 heterocycles. The minimum atomic E-state index is -0.381. The average Bonchev–Trinajstić information content (AvgIpc) is 2.68. The van der Waals surface area contributed by atoms with Crippen molar-refractivity contribution in [3.8, 4) is 34.2 Å². The molecule has 26 heavy (non-hydrogen) atoms. The molecule has 1 aromatic heterocycles. The molecule has 3 rings (SSSR count). The Labute approximate surface area is 152 Å². The number of aromatic nitrogens is 1. The number of aryl methyl sites for hydroxylation is 1. The molecule has 0 bridgehead atoms. The summed E-state index contributed by atoms with van der Waals surface area (Å²) in [6.45, 7) is 4.61. The van der Waals surface area contributed by atoms with Crippen LogP contribution in [0.5, 0.6) is 5.75 Å². The molecule has 0 atom stereocenters. The van der Waals surface area contributed by atoms with E-state index < -0.39 is 0 Å². The SMILES string of the molecule is CCOc1ccc(-c2cc(-c3ccc(CC)cc3)[nH]c(=O)c2C#N)cc1. The van der Waals surface area contributed by atoms with E-state index in [0.717, 1.165) is 23.3 Å². The van der Waals surface area contributed by atoms with E-state index in [9.17, 15) is 10.1 Å². The number of H-pyrrole nitrogens is 1. The number of aromatic amines is 1. The van der Waals surface area contributed by atoms with Crippen molar-refractivity contribution in [2.24, 2.45) is 0 Å². The molecule has 3 aromatic rings. The Kier molecular flexibility index (Phi) is 5.19. The number of nitrogens with one attached hydrogen (secondary N) is 1. The first-order valence-corrected chi connectivity index (χ1v) is 8.66. The summed E-state index contributed by atoms with van der Waals surface area (Å²) in [5.41, 5.74) is 4.00. The van der Waals surface area contributed by atoms with Gasteiger partial charge in [-0.2, -0.15) is 5.26 Å². The Morgan fingerprint density at radius 3 is 2.23 bits per heavy atom. The van der Waals surface area contributed by atoms with Crippen molar-refractivity contribution in [1.82, 2.24) is 4.98 Å². The molecule has 0 saturated carbocycles. The maximum Gasteiger partial charge on any atom is 0.266 e. The number of ether oxygens (including phenoxy) is 1. The van der Waals surface area contributed by atoms with E-state index >= 15 is 0 Å². The molecule has 4 heteroatoms. The van der Waals surface area contributed by atoms with E-state index in [4.69, 9.17) is 4.74 Å². The molecular formula is C22H20N2O2. The van der Waals surface area contributed by atoms with Crippen LogP contribution < -0.4 is 10.3 Å². The maximum absolute atomic E-state index is 12.4. The summed E-state index contributed by atoms with van der Waals surface area (Å²) in [5, 5.41) is 9.43. The van der Waals surface area contributed by atoms with Crippen molar-refractivity contribution >= 4 is 0 Å². The second-order valence-corrected chi connectivity index (χ2v) is 5.92. The quantitative estimate of drug-likeness (QED) is 0.739. The summed E-state index contributed by atoms with van der Waals surface area (Å²) >= 11 is 0. The molecular weight excluding hydrogens is 324 g/mol. The lowest BCUT2D eigenvalue weighted by Crippen LogP contribution is -2.12. The number of hydrogen-bond acceptors (Lipinski definition) is 3. The number of hydrogen-bond donors (Lipinski definition) is 1. The monoisotopic (exact) mass is 344 g/mol. The van der Waals surface area contributed by atoms with Crippen LogP contribution in [0, 0.1) is 11.3 Å². The third-order valence-corrected chi connectivity index (χ3v) is 4.29. The molecule has 0 aliphatic rings.